The highest BCUT2D eigenvalue weighted by Gasteiger charge is 2.01. The van der Waals surface area contributed by atoms with Crippen molar-refractivity contribution in [3.63, 3.8) is 0 Å². The van der Waals surface area contributed by atoms with Gasteiger partial charge in [-0.05, 0) is 6.92 Å². The van der Waals surface area contributed by atoms with Gasteiger partial charge in [0.15, 0.2) is 6.07 Å². The summed E-state index contributed by atoms with van der Waals surface area (Å²) < 4.78 is 0. The van der Waals surface area contributed by atoms with Gasteiger partial charge in [0.2, 0.25) is 0 Å². The van der Waals surface area contributed by atoms with Crippen LogP contribution in [0.2, 0.25) is 0 Å². The van der Waals surface area contributed by atoms with Crippen LogP contribution < -0.4 is 5.32 Å². The highest BCUT2D eigenvalue weighted by molar-refractivity contribution is 5.91. The van der Waals surface area contributed by atoms with Crippen molar-refractivity contribution >= 4 is 5.91 Å². The van der Waals surface area contributed by atoms with Crippen LogP contribution in [0.3, 0.4) is 0 Å². The van der Waals surface area contributed by atoms with Crippen LogP contribution in [0.1, 0.15) is 6.92 Å². The molecule has 1 amide bonds. The molecule has 0 aromatic heterocycles. The number of nitriles is 2. The van der Waals surface area contributed by atoms with Crippen LogP contribution in [0.4, 0.5) is 0 Å². The van der Waals surface area contributed by atoms with Crippen LogP contribution in [-0.2, 0) is 4.79 Å². The number of carbonyl (C=O) groups is 1. The second-order valence-electron chi connectivity index (χ2n) is 1.44. The van der Waals surface area contributed by atoms with Gasteiger partial charge in [-0.1, -0.05) is 0 Å². The van der Waals surface area contributed by atoms with Crippen molar-refractivity contribution in [3.05, 3.63) is 0 Å². The lowest BCUT2D eigenvalue weighted by atomic mass is 10.4. The minimum atomic E-state index is -0.774. The first-order valence-corrected chi connectivity index (χ1v) is 2.31. The van der Waals surface area contributed by atoms with Crippen molar-refractivity contribution < 1.29 is 4.79 Å². The lowest BCUT2D eigenvalue weighted by molar-refractivity contribution is -0.116. The van der Waals surface area contributed by atoms with Crippen molar-refractivity contribution in [2.24, 2.45) is 0 Å². The highest BCUT2D eigenvalue weighted by atomic mass is 16.1. The van der Waals surface area contributed by atoms with E-state index >= 15 is 0 Å². The van der Waals surface area contributed by atoms with Crippen molar-refractivity contribution in [1.29, 1.82) is 10.5 Å². The summed E-state index contributed by atoms with van der Waals surface area (Å²) in [5.41, 5.74) is 0. The molecular weight excluding hydrogens is 118 g/mol. The summed E-state index contributed by atoms with van der Waals surface area (Å²) >= 11 is 0. The van der Waals surface area contributed by atoms with Gasteiger partial charge < -0.3 is 5.32 Å². The normalized spacial score (nSPS) is 10.6. The van der Waals surface area contributed by atoms with Crippen molar-refractivity contribution in [3.8, 4) is 12.1 Å². The van der Waals surface area contributed by atoms with Crippen molar-refractivity contribution in [1.82, 2.24) is 5.32 Å². The van der Waals surface area contributed by atoms with Gasteiger partial charge in [-0.2, -0.15) is 10.5 Å². The average molecular weight is 123 g/mol. The molecule has 0 aliphatic carbocycles. The van der Waals surface area contributed by atoms with E-state index < -0.39 is 11.9 Å². The molecule has 0 fully saturated rings. The van der Waals surface area contributed by atoms with Gasteiger partial charge in [0.05, 0.1) is 6.07 Å². The maximum Gasteiger partial charge on any atom is 0.323 e. The summed E-state index contributed by atoms with van der Waals surface area (Å²) in [7, 11) is 0. The monoisotopic (exact) mass is 123 g/mol. The minimum absolute atomic E-state index is 0.586. The molecule has 0 bridgehead atoms. The zero-order valence-corrected chi connectivity index (χ0v) is 4.88. The van der Waals surface area contributed by atoms with Gasteiger partial charge in [-0.3, -0.25) is 4.79 Å². The largest absolute Gasteiger partial charge is 0.328 e. The van der Waals surface area contributed by atoms with E-state index in [4.69, 9.17) is 10.5 Å². The molecule has 1 N–H and O–H groups in total. The maximum atomic E-state index is 10.2. The molecule has 0 aliphatic rings. The molecular formula is C5H5N3O. The molecule has 4 nitrogen and oxygen atoms in total. The molecule has 1 atom stereocenters. The summed E-state index contributed by atoms with van der Waals surface area (Å²) in [6.07, 6.45) is 0. The van der Waals surface area contributed by atoms with Crippen LogP contribution in [0.25, 0.3) is 0 Å². The number of carbonyl (C=O) groups excluding carboxylic acids is 1. The molecule has 0 aliphatic heterocycles. The summed E-state index contributed by atoms with van der Waals surface area (Å²) in [6.45, 7) is 1.50. The van der Waals surface area contributed by atoms with E-state index in [0.29, 0.717) is 0 Å². The van der Waals surface area contributed by atoms with E-state index in [1.807, 2.05) is 0 Å². The number of hydrogen-bond acceptors (Lipinski definition) is 3. The lowest BCUT2D eigenvalue weighted by Crippen LogP contribution is -2.29. The van der Waals surface area contributed by atoms with E-state index in [2.05, 4.69) is 5.32 Å². The smallest absolute Gasteiger partial charge is 0.323 e. The number of hydrogen-bond donors (Lipinski definition) is 1. The Morgan fingerprint density at radius 1 is 1.67 bits per heavy atom. The summed E-state index contributed by atoms with van der Waals surface area (Å²) in [6, 6.07) is 2.49. The topological polar surface area (TPSA) is 76.7 Å². The fraction of sp³-hybridized carbons (Fsp3) is 0.400. The van der Waals surface area contributed by atoms with Crippen LogP contribution >= 0.6 is 0 Å². The fourth-order valence-electron chi connectivity index (χ4n) is 0.261. The van der Waals surface area contributed by atoms with Crippen molar-refractivity contribution in [2.75, 3.05) is 0 Å². The third kappa shape index (κ3) is 3.07. The molecule has 0 aromatic rings. The third-order valence-electron chi connectivity index (χ3n) is 0.643. The molecule has 1 unspecified atom stereocenters. The van der Waals surface area contributed by atoms with E-state index in [9.17, 15) is 4.79 Å². The highest BCUT2D eigenvalue weighted by Crippen LogP contribution is 1.74. The van der Waals surface area contributed by atoms with E-state index in [1.165, 1.54) is 13.0 Å². The summed E-state index contributed by atoms with van der Waals surface area (Å²) in [4.78, 5) is 10.2. The number of amides is 1. The number of nitrogens with zero attached hydrogens (tertiary/aromatic N) is 2. The molecule has 9 heavy (non-hydrogen) atoms. The fourth-order valence-corrected chi connectivity index (χ4v) is 0.261. The first kappa shape index (κ1) is 7.45. The molecule has 46 valence electrons. The van der Waals surface area contributed by atoms with Gasteiger partial charge in [0, 0.05) is 0 Å². The van der Waals surface area contributed by atoms with Gasteiger partial charge >= 0.3 is 5.91 Å². The average Bonchev–Trinajstić information content (AvgIpc) is 1.87. The Morgan fingerprint density at radius 3 is 2.56 bits per heavy atom. The van der Waals surface area contributed by atoms with Crippen LogP contribution in [-0.4, -0.2) is 11.9 Å². The Bertz CT molecular complexity index is 185. The first-order valence-electron chi connectivity index (χ1n) is 2.31. The van der Waals surface area contributed by atoms with Gasteiger partial charge in [-0.15, -0.1) is 0 Å². The molecule has 4 heteroatoms. The van der Waals surface area contributed by atoms with E-state index in [-0.39, 0.29) is 0 Å². The lowest BCUT2D eigenvalue weighted by Gasteiger charge is -1.97. The molecule has 0 heterocycles. The molecule has 0 spiro atoms. The Morgan fingerprint density at radius 2 is 2.22 bits per heavy atom. The third-order valence-corrected chi connectivity index (χ3v) is 0.643. The maximum absolute atomic E-state index is 10.2. The quantitative estimate of drug-likeness (QED) is 0.479. The van der Waals surface area contributed by atoms with Crippen molar-refractivity contribution in [2.45, 2.75) is 13.0 Å². The molecule has 0 saturated heterocycles. The summed E-state index contributed by atoms with van der Waals surface area (Å²) in [5, 5.41) is 18.1. The van der Waals surface area contributed by atoms with Gasteiger partial charge in [0.1, 0.15) is 6.04 Å². The predicted octanol–water partition coefficient (Wildman–Crippen LogP) is -0.462. The Kier molecular flexibility index (Phi) is 2.86. The number of nitrogens with one attached hydrogen (secondary N) is 1. The van der Waals surface area contributed by atoms with E-state index in [1.54, 1.807) is 6.07 Å². The van der Waals surface area contributed by atoms with Gasteiger partial charge in [-0.25, -0.2) is 0 Å². The Labute approximate surface area is 52.7 Å². The molecule has 0 saturated carbocycles. The number of rotatable bonds is 1. The zero-order chi connectivity index (χ0) is 7.28. The van der Waals surface area contributed by atoms with Crippen LogP contribution in [0.5, 0.6) is 0 Å². The van der Waals surface area contributed by atoms with Gasteiger partial charge in [0.25, 0.3) is 0 Å². The minimum Gasteiger partial charge on any atom is -0.328 e. The molecule has 0 rings (SSSR count). The second kappa shape index (κ2) is 3.45. The SMILES string of the molecule is CC(C#N)NC(=O)C#N. The van der Waals surface area contributed by atoms with Crippen LogP contribution in [0.15, 0.2) is 0 Å². The van der Waals surface area contributed by atoms with E-state index in [0.717, 1.165) is 0 Å². The molecule has 0 radical (unpaired) electrons. The Hall–Kier alpha value is -1.55. The standard InChI is InChI=1S/C5H5N3O/c1-4(2-6)8-5(9)3-7/h4H,1H3,(H,8,9). The molecule has 0 aromatic carbocycles. The summed E-state index contributed by atoms with van der Waals surface area (Å²) in [5.74, 6) is -0.774. The second-order valence-corrected chi connectivity index (χ2v) is 1.44. The predicted molar refractivity (Wildman–Crippen MR) is 28.8 cm³/mol. The zero-order valence-electron chi connectivity index (χ0n) is 4.88. The first-order chi connectivity index (χ1) is 4.20. The Balaban J connectivity index is 3.67. The van der Waals surface area contributed by atoms with Crippen LogP contribution in [0, 0.1) is 22.7 Å².